The third-order valence-corrected chi connectivity index (χ3v) is 17.7. The summed E-state index contributed by atoms with van der Waals surface area (Å²) < 4.78 is 68.0. The SMILES string of the molecule is CCCCCCCCCCCC(=O)O[C@H](COC(=O)CCCCCCCCC)COP(=O)(O)OC[C@H](O)COP(=O)(O)OC[C@@H](COC(=O)CCCCCCCCCCCC(C)C)OC(=O)CCCCCCCCCCCCCCCCC(C)CC. The van der Waals surface area contributed by atoms with Crippen molar-refractivity contribution in [3.05, 3.63) is 0 Å². The van der Waals surface area contributed by atoms with Crippen molar-refractivity contribution in [2.45, 2.75) is 355 Å². The van der Waals surface area contributed by atoms with E-state index in [4.69, 9.17) is 37.0 Å². The minimum Gasteiger partial charge on any atom is -0.462 e. The van der Waals surface area contributed by atoms with Crippen LogP contribution in [0.5, 0.6) is 0 Å². The van der Waals surface area contributed by atoms with E-state index >= 15 is 0 Å². The third-order valence-electron chi connectivity index (χ3n) is 15.8. The van der Waals surface area contributed by atoms with Crippen molar-refractivity contribution >= 4 is 39.5 Å². The highest BCUT2D eigenvalue weighted by molar-refractivity contribution is 7.47. The number of hydrogen-bond donors (Lipinski definition) is 3. The topological polar surface area (TPSA) is 237 Å². The zero-order chi connectivity index (χ0) is 63.6. The Bertz CT molecular complexity index is 1690. The van der Waals surface area contributed by atoms with Crippen LogP contribution >= 0.6 is 15.6 Å². The van der Waals surface area contributed by atoms with Crippen LogP contribution in [0.3, 0.4) is 0 Å². The fourth-order valence-corrected chi connectivity index (χ4v) is 11.6. The summed E-state index contributed by atoms with van der Waals surface area (Å²) in [5, 5.41) is 10.5. The third kappa shape index (κ3) is 59.7. The summed E-state index contributed by atoms with van der Waals surface area (Å²) in [7, 11) is -9.89. The zero-order valence-corrected chi connectivity index (χ0v) is 57.4. The Labute approximate surface area is 524 Å². The van der Waals surface area contributed by atoms with Crippen molar-refractivity contribution in [2.24, 2.45) is 11.8 Å². The van der Waals surface area contributed by atoms with Crippen molar-refractivity contribution in [3.63, 3.8) is 0 Å². The molecule has 0 spiro atoms. The van der Waals surface area contributed by atoms with Gasteiger partial charge in [0.15, 0.2) is 12.2 Å². The van der Waals surface area contributed by atoms with Gasteiger partial charge in [0.1, 0.15) is 19.3 Å². The molecule has 0 saturated heterocycles. The fourth-order valence-electron chi connectivity index (χ4n) is 10.0. The molecule has 17 nitrogen and oxygen atoms in total. The quantitative estimate of drug-likeness (QED) is 0.0222. The molecule has 6 atom stereocenters. The van der Waals surface area contributed by atoms with E-state index in [2.05, 4.69) is 41.5 Å². The van der Waals surface area contributed by atoms with Crippen molar-refractivity contribution < 1.29 is 80.2 Å². The van der Waals surface area contributed by atoms with Gasteiger partial charge in [-0.25, -0.2) is 9.13 Å². The largest absolute Gasteiger partial charge is 0.472 e. The number of ether oxygens (including phenoxy) is 4. The van der Waals surface area contributed by atoms with Crippen LogP contribution in [0.2, 0.25) is 0 Å². The maximum absolute atomic E-state index is 13.0. The number of aliphatic hydroxyl groups excluding tert-OH is 1. The van der Waals surface area contributed by atoms with Gasteiger partial charge in [-0.15, -0.1) is 0 Å². The zero-order valence-electron chi connectivity index (χ0n) is 55.6. The lowest BCUT2D eigenvalue weighted by molar-refractivity contribution is -0.161. The number of esters is 4. The molecule has 0 aliphatic carbocycles. The Hall–Kier alpha value is -1.94. The van der Waals surface area contributed by atoms with E-state index in [0.717, 1.165) is 115 Å². The fraction of sp³-hybridized carbons (Fsp3) is 0.940. The van der Waals surface area contributed by atoms with Crippen LogP contribution in [0.15, 0.2) is 0 Å². The smallest absolute Gasteiger partial charge is 0.462 e. The minimum absolute atomic E-state index is 0.105. The first-order valence-electron chi connectivity index (χ1n) is 35.0. The van der Waals surface area contributed by atoms with Crippen LogP contribution in [0.1, 0.15) is 337 Å². The first-order valence-corrected chi connectivity index (χ1v) is 38.0. The molecule has 0 aliphatic rings. The van der Waals surface area contributed by atoms with Gasteiger partial charge >= 0.3 is 39.5 Å². The Kier molecular flexibility index (Phi) is 58.0. The minimum atomic E-state index is -4.95. The Balaban J connectivity index is 5.18. The van der Waals surface area contributed by atoms with E-state index in [0.29, 0.717) is 25.7 Å². The van der Waals surface area contributed by atoms with Crippen molar-refractivity contribution in [2.75, 3.05) is 39.6 Å². The van der Waals surface area contributed by atoms with Gasteiger partial charge in [0.05, 0.1) is 26.4 Å². The molecule has 0 fully saturated rings. The molecule has 3 N–H and O–H groups in total. The number of carbonyl (C=O) groups excluding carboxylic acids is 4. The van der Waals surface area contributed by atoms with Gasteiger partial charge in [0, 0.05) is 25.7 Å². The molecule has 0 saturated carbocycles. The molecule has 0 aromatic rings. The highest BCUT2D eigenvalue weighted by atomic mass is 31.2. The molecular formula is C67H130O17P2. The molecule has 510 valence electrons. The molecule has 0 aromatic carbocycles. The van der Waals surface area contributed by atoms with Crippen LogP contribution in [0.4, 0.5) is 0 Å². The van der Waals surface area contributed by atoms with E-state index in [-0.39, 0.29) is 25.7 Å². The summed E-state index contributed by atoms with van der Waals surface area (Å²) in [6, 6.07) is 0. The number of carbonyl (C=O) groups is 4. The second-order valence-electron chi connectivity index (χ2n) is 24.9. The van der Waals surface area contributed by atoms with E-state index in [1.54, 1.807) is 0 Å². The van der Waals surface area contributed by atoms with E-state index < -0.39 is 97.5 Å². The molecule has 0 aliphatic heterocycles. The molecule has 0 bridgehead atoms. The molecule has 86 heavy (non-hydrogen) atoms. The predicted octanol–water partition coefficient (Wildman–Crippen LogP) is 18.8. The highest BCUT2D eigenvalue weighted by Crippen LogP contribution is 2.45. The van der Waals surface area contributed by atoms with E-state index in [1.165, 1.54) is 141 Å². The van der Waals surface area contributed by atoms with Gasteiger partial charge in [0.25, 0.3) is 0 Å². The number of aliphatic hydroxyl groups is 1. The van der Waals surface area contributed by atoms with E-state index in [1.807, 2.05) is 0 Å². The molecule has 0 amide bonds. The number of phosphoric acid groups is 2. The first-order chi connectivity index (χ1) is 41.4. The second-order valence-corrected chi connectivity index (χ2v) is 27.8. The lowest BCUT2D eigenvalue weighted by atomic mass is 9.99. The summed E-state index contributed by atoms with van der Waals surface area (Å²) >= 11 is 0. The van der Waals surface area contributed by atoms with E-state index in [9.17, 15) is 43.2 Å². The van der Waals surface area contributed by atoms with Crippen molar-refractivity contribution in [1.29, 1.82) is 0 Å². The summed E-state index contributed by atoms with van der Waals surface area (Å²) in [4.78, 5) is 72.2. The Morgan fingerprint density at radius 2 is 0.593 bits per heavy atom. The highest BCUT2D eigenvalue weighted by Gasteiger charge is 2.30. The Morgan fingerprint density at radius 1 is 0.337 bits per heavy atom. The number of unbranched alkanes of at least 4 members (excludes halogenated alkanes) is 35. The van der Waals surface area contributed by atoms with Crippen LogP contribution < -0.4 is 0 Å². The van der Waals surface area contributed by atoms with Crippen molar-refractivity contribution in [3.8, 4) is 0 Å². The standard InChI is InChI=1S/C67H130O17P2/c1-7-10-12-14-16-24-33-39-45-51-66(71)83-62(55-77-64(69)49-43-37-29-15-13-11-8-2)57-81-85(73,74)79-53-61(68)54-80-86(75,76)82-58-63(56-78-65(70)50-44-38-32-28-23-25-30-35-41-47-59(4)5)84-67(72)52-46-40-34-27-22-20-18-17-19-21-26-31-36-42-48-60(6)9-3/h59-63,68H,7-58H2,1-6H3,(H,73,74)(H,75,76)/t60?,61-,62+,63+/m0/s1. The normalized spacial score (nSPS) is 14.5. The van der Waals surface area contributed by atoms with Crippen LogP contribution in [-0.4, -0.2) is 96.7 Å². The van der Waals surface area contributed by atoms with Gasteiger partial charge in [-0.05, 0) is 37.5 Å². The van der Waals surface area contributed by atoms with Crippen LogP contribution in [0.25, 0.3) is 0 Å². The number of hydrogen-bond acceptors (Lipinski definition) is 15. The molecule has 0 radical (unpaired) electrons. The molecule has 0 heterocycles. The number of rotatable bonds is 66. The average Bonchev–Trinajstić information content (AvgIpc) is 3.65. The lowest BCUT2D eigenvalue weighted by Gasteiger charge is -2.21. The lowest BCUT2D eigenvalue weighted by Crippen LogP contribution is -2.30. The summed E-state index contributed by atoms with van der Waals surface area (Å²) in [5.74, 6) is -0.545. The molecule has 19 heteroatoms. The monoisotopic (exact) mass is 1270 g/mol. The van der Waals surface area contributed by atoms with Crippen LogP contribution in [-0.2, 0) is 65.4 Å². The maximum atomic E-state index is 13.0. The molecule has 0 aromatic heterocycles. The van der Waals surface area contributed by atoms with Crippen LogP contribution in [0, 0.1) is 11.8 Å². The van der Waals surface area contributed by atoms with Gasteiger partial charge in [-0.2, -0.15) is 0 Å². The number of phosphoric ester groups is 2. The van der Waals surface area contributed by atoms with Gasteiger partial charge in [-0.3, -0.25) is 37.3 Å². The summed E-state index contributed by atoms with van der Waals surface area (Å²) in [6.45, 7) is 9.50. The second kappa shape index (κ2) is 59.4. The first kappa shape index (κ1) is 84.1. The predicted molar refractivity (Wildman–Crippen MR) is 345 cm³/mol. The molecular weight excluding hydrogens is 1140 g/mol. The van der Waals surface area contributed by atoms with Gasteiger partial charge < -0.3 is 33.8 Å². The maximum Gasteiger partial charge on any atom is 0.472 e. The molecule has 0 rings (SSSR count). The van der Waals surface area contributed by atoms with Gasteiger partial charge in [0.2, 0.25) is 0 Å². The Morgan fingerprint density at radius 3 is 0.884 bits per heavy atom. The average molecular weight is 1270 g/mol. The summed E-state index contributed by atoms with van der Waals surface area (Å²) in [5.41, 5.74) is 0. The van der Waals surface area contributed by atoms with Gasteiger partial charge in [-0.1, -0.05) is 286 Å². The molecule has 3 unspecified atom stereocenters. The summed E-state index contributed by atoms with van der Waals surface area (Å²) in [6.07, 6.45) is 43.1. The van der Waals surface area contributed by atoms with Crippen molar-refractivity contribution in [1.82, 2.24) is 0 Å².